The number of aromatic nitrogens is 4. The number of morpholine rings is 1. The number of hydrogen-bond acceptors (Lipinski definition) is 8. The van der Waals surface area contributed by atoms with Crippen LogP contribution in [0.25, 0.3) is 22.4 Å². The van der Waals surface area contributed by atoms with Crippen molar-refractivity contribution in [1.29, 1.82) is 0 Å². The average molecular weight is 504 g/mol. The van der Waals surface area contributed by atoms with Crippen LogP contribution in [0.3, 0.4) is 0 Å². The molecule has 184 valence electrons. The molecule has 0 amide bonds. The Morgan fingerprint density at radius 3 is 2.59 bits per heavy atom. The van der Waals surface area contributed by atoms with Gasteiger partial charge in [-0.2, -0.15) is 0 Å². The van der Waals surface area contributed by atoms with E-state index in [1.807, 2.05) is 18.2 Å². The van der Waals surface area contributed by atoms with Gasteiger partial charge >= 0.3 is 0 Å². The van der Waals surface area contributed by atoms with Gasteiger partial charge in [-0.25, -0.2) is 23.4 Å². The lowest BCUT2D eigenvalue weighted by Crippen LogP contribution is -2.37. The second kappa shape index (κ2) is 10.1. The zero-order valence-electron chi connectivity index (χ0n) is 20.3. The minimum Gasteiger partial charge on any atom is -0.378 e. The molecule has 0 atom stereocenters. The van der Waals surface area contributed by atoms with Crippen LogP contribution in [0.4, 0.5) is 5.82 Å². The Labute approximate surface area is 201 Å². The molecule has 1 aromatic carbocycles. The van der Waals surface area contributed by atoms with Crippen molar-refractivity contribution in [3.8, 4) is 11.4 Å². The average Bonchev–Trinajstić information content (AvgIpc) is 3.17. The van der Waals surface area contributed by atoms with Crippen molar-refractivity contribution < 1.29 is 17.9 Å². The Hall–Kier alpha value is -2.34. The van der Waals surface area contributed by atoms with Gasteiger partial charge in [-0.15, -0.1) is 0 Å². The van der Waals surface area contributed by atoms with Gasteiger partial charge in [-0.05, 0) is 24.2 Å². The van der Waals surface area contributed by atoms with Crippen LogP contribution in [-0.4, -0.2) is 75.6 Å². The van der Waals surface area contributed by atoms with E-state index in [0.717, 1.165) is 35.1 Å². The summed E-state index contributed by atoms with van der Waals surface area (Å²) in [5.74, 6) is 1.86. The summed E-state index contributed by atoms with van der Waals surface area (Å²) < 4.78 is 35.2. The summed E-state index contributed by atoms with van der Waals surface area (Å²) in [6.07, 6.45) is 1.22. The van der Waals surface area contributed by atoms with Crippen LogP contribution in [0, 0.1) is 0 Å². The molecule has 0 radical (unpaired) electrons. The number of nitrogens with one attached hydrogen (secondary N) is 1. The van der Waals surface area contributed by atoms with E-state index in [1.54, 1.807) is 6.07 Å². The number of ether oxygens (including phenoxy) is 2. The van der Waals surface area contributed by atoms with Gasteiger partial charge in [0.15, 0.2) is 15.7 Å². The lowest BCUT2D eigenvalue weighted by molar-refractivity contribution is 0.122. The second-order valence-corrected chi connectivity index (χ2v) is 17.8. The number of nitrogens with zero attached hydrogens (tertiary/aromatic N) is 4. The minimum absolute atomic E-state index is 0.134. The van der Waals surface area contributed by atoms with Gasteiger partial charge < -0.3 is 19.4 Å². The fraction of sp³-hybridized carbons (Fsp3) is 0.522. The van der Waals surface area contributed by atoms with E-state index in [1.165, 1.54) is 6.26 Å². The summed E-state index contributed by atoms with van der Waals surface area (Å²) in [6, 6.07) is 8.68. The first-order valence-corrected chi connectivity index (χ1v) is 17.3. The van der Waals surface area contributed by atoms with Gasteiger partial charge in [-0.1, -0.05) is 19.6 Å². The molecule has 1 aliphatic rings. The largest absolute Gasteiger partial charge is 0.378 e. The molecular weight excluding hydrogens is 470 g/mol. The predicted molar refractivity (Wildman–Crippen MR) is 137 cm³/mol. The molecule has 0 aliphatic carbocycles. The first-order valence-electron chi connectivity index (χ1n) is 11.5. The van der Waals surface area contributed by atoms with Crippen LogP contribution in [0.2, 0.25) is 25.7 Å². The lowest BCUT2D eigenvalue weighted by Gasteiger charge is -2.28. The molecule has 34 heavy (non-hydrogen) atoms. The highest BCUT2D eigenvalue weighted by atomic mass is 32.2. The molecule has 1 fully saturated rings. The molecule has 4 rings (SSSR count). The minimum atomic E-state index is -3.24. The van der Waals surface area contributed by atoms with Gasteiger partial charge in [0, 0.05) is 45.7 Å². The van der Waals surface area contributed by atoms with Crippen molar-refractivity contribution in [1.82, 2.24) is 19.9 Å². The van der Waals surface area contributed by atoms with Gasteiger partial charge in [0.25, 0.3) is 0 Å². The molecule has 9 nitrogen and oxygen atoms in total. The third-order valence-corrected chi connectivity index (χ3v) is 8.06. The lowest BCUT2D eigenvalue weighted by atomic mass is 10.2. The topological polar surface area (TPSA) is 110 Å². The van der Waals surface area contributed by atoms with E-state index in [0.29, 0.717) is 50.2 Å². The summed E-state index contributed by atoms with van der Waals surface area (Å²) in [4.78, 5) is 19.4. The first-order chi connectivity index (χ1) is 16.1. The highest BCUT2D eigenvalue weighted by Gasteiger charge is 2.18. The molecule has 0 spiro atoms. The molecule has 2 aromatic heterocycles. The Bertz CT molecular complexity index is 1250. The highest BCUT2D eigenvalue weighted by molar-refractivity contribution is 7.89. The SMILES string of the molecule is C[Si](C)(C)CCOCc1nc2ccc(-c3nc(CS(C)(=O)=O)cc(N4CCOCC4)n3)cc2[nH]1. The van der Waals surface area contributed by atoms with Crippen molar-refractivity contribution in [3.05, 3.63) is 35.8 Å². The van der Waals surface area contributed by atoms with Crippen LogP contribution in [0.15, 0.2) is 24.3 Å². The summed E-state index contributed by atoms with van der Waals surface area (Å²) in [7, 11) is -4.36. The van der Waals surface area contributed by atoms with Crippen molar-refractivity contribution in [2.75, 3.05) is 44.1 Å². The monoisotopic (exact) mass is 503 g/mol. The summed E-state index contributed by atoms with van der Waals surface area (Å²) in [6.45, 7) is 10.8. The maximum Gasteiger partial charge on any atom is 0.161 e. The predicted octanol–water partition coefficient (Wildman–Crippen LogP) is 3.26. The Morgan fingerprint density at radius 1 is 1.12 bits per heavy atom. The highest BCUT2D eigenvalue weighted by Crippen LogP contribution is 2.25. The normalized spacial score (nSPS) is 15.2. The number of H-pyrrole nitrogens is 1. The number of imidazole rings is 1. The molecule has 1 N–H and O–H groups in total. The molecule has 0 saturated carbocycles. The van der Waals surface area contributed by atoms with Crippen LogP contribution >= 0.6 is 0 Å². The van der Waals surface area contributed by atoms with E-state index in [2.05, 4.69) is 39.5 Å². The Morgan fingerprint density at radius 2 is 1.88 bits per heavy atom. The number of benzene rings is 1. The second-order valence-electron chi connectivity index (χ2n) is 9.99. The maximum absolute atomic E-state index is 12.0. The third kappa shape index (κ3) is 6.84. The van der Waals surface area contributed by atoms with Gasteiger partial charge in [0.1, 0.15) is 18.2 Å². The van der Waals surface area contributed by atoms with Crippen molar-refractivity contribution >= 4 is 34.8 Å². The molecule has 0 unspecified atom stereocenters. The van der Waals surface area contributed by atoms with Crippen LogP contribution in [0.1, 0.15) is 11.5 Å². The number of rotatable bonds is 9. The van der Waals surface area contributed by atoms with E-state index >= 15 is 0 Å². The zero-order chi connectivity index (χ0) is 24.3. The Kier molecular flexibility index (Phi) is 7.36. The summed E-state index contributed by atoms with van der Waals surface area (Å²) in [5.41, 5.74) is 2.99. The van der Waals surface area contributed by atoms with Crippen LogP contribution < -0.4 is 4.90 Å². The standard InChI is InChI=1S/C23H33N5O4SSi/c1-33(29,30)16-18-14-22(28-7-9-31-10-8-28)27-23(24-18)17-5-6-19-20(13-17)26-21(25-19)15-32-11-12-34(2,3)4/h5-6,13-14H,7-12,15-16H2,1-4H3,(H,25,26). The van der Waals surface area contributed by atoms with Crippen LogP contribution in [0.5, 0.6) is 0 Å². The molecule has 11 heteroatoms. The fourth-order valence-corrected chi connectivity index (χ4v) is 5.17. The number of aromatic amines is 1. The fourth-order valence-electron chi connectivity index (χ4n) is 3.73. The molecule has 3 heterocycles. The maximum atomic E-state index is 12.0. The third-order valence-electron chi connectivity index (χ3n) is 5.54. The number of hydrogen-bond donors (Lipinski definition) is 1. The number of fused-ring (bicyclic) bond motifs is 1. The molecule has 0 bridgehead atoms. The summed E-state index contributed by atoms with van der Waals surface area (Å²) in [5, 5.41) is 0. The molecule has 1 aliphatic heterocycles. The van der Waals surface area contributed by atoms with Crippen LogP contribution in [-0.2, 0) is 31.7 Å². The number of anilines is 1. The zero-order valence-corrected chi connectivity index (χ0v) is 22.1. The molecule has 1 saturated heterocycles. The smallest absolute Gasteiger partial charge is 0.161 e. The molecular formula is C23H33N5O4SSi. The van der Waals surface area contributed by atoms with Gasteiger partial charge in [0.2, 0.25) is 0 Å². The van der Waals surface area contributed by atoms with Crippen molar-refractivity contribution in [2.45, 2.75) is 38.0 Å². The quantitative estimate of drug-likeness (QED) is 0.350. The summed E-state index contributed by atoms with van der Waals surface area (Å²) >= 11 is 0. The first kappa shape index (κ1) is 24.8. The van der Waals surface area contributed by atoms with E-state index in [-0.39, 0.29) is 5.75 Å². The molecule has 3 aromatic rings. The van der Waals surface area contributed by atoms with E-state index < -0.39 is 17.9 Å². The number of sulfone groups is 1. The Balaban J connectivity index is 1.59. The van der Waals surface area contributed by atoms with E-state index in [4.69, 9.17) is 14.5 Å². The van der Waals surface area contributed by atoms with Crippen molar-refractivity contribution in [3.63, 3.8) is 0 Å². The van der Waals surface area contributed by atoms with Gasteiger partial charge in [-0.3, -0.25) is 0 Å². The van der Waals surface area contributed by atoms with Gasteiger partial charge in [0.05, 0.1) is 35.7 Å². The van der Waals surface area contributed by atoms with Crippen molar-refractivity contribution in [2.24, 2.45) is 0 Å². The van der Waals surface area contributed by atoms with E-state index in [9.17, 15) is 8.42 Å².